The highest BCUT2D eigenvalue weighted by molar-refractivity contribution is 4.95. The van der Waals surface area contributed by atoms with Gasteiger partial charge in [0.1, 0.15) is 0 Å². The standard InChI is InChI=1S/C13H23N/c1-4-5-6-9-14-13-8-7-11(2)10-12(13)3/h11-14H,6-10H2,1-3H3. The zero-order valence-corrected chi connectivity index (χ0v) is 9.77. The van der Waals surface area contributed by atoms with Crippen molar-refractivity contribution < 1.29 is 0 Å². The first-order chi connectivity index (χ1) is 6.74. The Labute approximate surface area is 88.7 Å². The van der Waals surface area contributed by atoms with E-state index >= 15 is 0 Å². The van der Waals surface area contributed by atoms with Crippen LogP contribution >= 0.6 is 0 Å². The smallest absolute Gasteiger partial charge is 0.0214 e. The van der Waals surface area contributed by atoms with Crippen LogP contribution in [0.3, 0.4) is 0 Å². The summed E-state index contributed by atoms with van der Waals surface area (Å²) in [6.45, 7) is 7.71. The zero-order chi connectivity index (χ0) is 10.4. The molecule has 1 rings (SSSR count). The Bertz CT molecular complexity index is 211. The van der Waals surface area contributed by atoms with Crippen molar-refractivity contribution in [3.05, 3.63) is 0 Å². The third kappa shape index (κ3) is 3.72. The molecule has 3 unspecified atom stereocenters. The first-order valence-electron chi connectivity index (χ1n) is 5.87. The maximum atomic E-state index is 3.62. The van der Waals surface area contributed by atoms with Gasteiger partial charge in [0.25, 0.3) is 0 Å². The molecule has 80 valence electrons. The van der Waals surface area contributed by atoms with Crippen LogP contribution in [0.25, 0.3) is 0 Å². The number of hydrogen-bond acceptors (Lipinski definition) is 1. The Morgan fingerprint density at radius 3 is 2.71 bits per heavy atom. The molecule has 0 aromatic carbocycles. The van der Waals surface area contributed by atoms with Gasteiger partial charge in [-0.25, -0.2) is 0 Å². The highest BCUT2D eigenvalue weighted by Crippen LogP contribution is 2.28. The summed E-state index contributed by atoms with van der Waals surface area (Å²) in [6, 6.07) is 0.741. The average Bonchev–Trinajstić information content (AvgIpc) is 2.15. The van der Waals surface area contributed by atoms with E-state index in [1.165, 1.54) is 19.3 Å². The second-order valence-corrected chi connectivity index (χ2v) is 4.63. The van der Waals surface area contributed by atoms with Crippen LogP contribution in [-0.2, 0) is 0 Å². The van der Waals surface area contributed by atoms with Gasteiger partial charge in [-0.2, -0.15) is 0 Å². The number of hydrogen-bond donors (Lipinski definition) is 1. The fraction of sp³-hybridized carbons (Fsp3) is 0.846. The summed E-state index contributed by atoms with van der Waals surface area (Å²) in [4.78, 5) is 0. The second kappa shape index (κ2) is 6.09. The monoisotopic (exact) mass is 193 g/mol. The van der Waals surface area contributed by atoms with Crippen molar-refractivity contribution in [2.45, 2.75) is 52.5 Å². The minimum atomic E-state index is 0.741. The van der Waals surface area contributed by atoms with Crippen molar-refractivity contribution in [2.75, 3.05) is 6.54 Å². The molecule has 0 aliphatic heterocycles. The normalized spacial score (nSPS) is 32.1. The van der Waals surface area contributed by atoms with Gasteiger partial charge >= 0.3 is 0 Å². The first-order valence-corrected chi connectivity index (χ1v) is 5.87. The lowest BCUT2D eigenvalue weighted by Gasteiger charge is -2.33. The maximum absolute atomic E-state index is 3.62. The molecule has 1 aliphatic rings. The van der Waals surface area contributed by atoms with Crippen LogP contribution in [0.2, 0.25) is 0 Å². The first kappa shape index (κ1) is 11.6. The summed E-state index contributed by atoms with van der Waals surface area (Å²) in [5.74, 6) is 7.80. The van der Waals surface area contributed by atoms with Crippen LogP contribution < -0.4 is 5.32 Å². The van der Waals surface area contributed by atoms with Crippen LogP contribution in [0, 0.1) is 23.7 Å². The molecule has 1 N–H and O–H groups in total. The third-order valence-electron chi connectivity index (χ3n) is 3.26. The van der Waals surface area contributed by atoms with Crippen molar-refractivity contribution in [3.63, 3.8) is 0 Å². The topological polar surface area (TPSA) is 12.0 Å². The van der Waals surface area contributed by atoms with Gasteiger partial charge in [0, 0.05) is 19.0 Å². The summed E-state index contributed by atoms with van der Waals surface area (Å²) in [7, 11) is 0. The van der Waals surface area contributed by atoms with E-state index in [4.69, 9.17) is 0 Å². The van der Waals surface area contributed by atoms with Crippen LogP contribution in [0.4, 0.5) is 0 Å². The van der Waals surface area contributed by atoms with Crippen molar-refractivity contribution >= 4 is 0 Å². The van der Waals surface area contributed by atoms with Crippen molar-refractivity contribution in [3.8, 4) is 11.8 Å². The Morgan fingerprint density at radius 2 is 2.07 bits per heavy atom. The maximum Gasteiger partial charge on any atom is 0.0214 e. The third-order valence-corrected chi connectivity index (χ3v) is 3.26. The largest absolute Gasteiger partial charge is 0.313 e. The molecule has 1 nitrogen and oxygen atoms in total. The minimum absolute atomic E-state index is 0.741. The SMILES string of the molecule is CC#CCCNC1CCC(C)CC1C. The molecule has 1 saturated carbocycles. The van der Waals surface area contributed by atoms with E-state index in [1.807, 2.05) is 6.92 Å². The van der Waals surface area contributed by atoms with E-state index in [0.29, 0.717) is 0 Å². The predicted octanol–water partition coefficient (Wildman–Crippen LogP) is 2.81. The lowest BCUT2D eigenvalue weighted by Crippen LogP contribution is -2.39. The molecule has 0 bridgehead atoms. The molecule has 14 heavy (non-hydrogen) atoms. The van der Waals surface area contributed by atoms with Gasteiger partial charge in [0.05, 0.1) is 0 Å². The zero-order valence-electron chi connectivity index (χ0n) is 9.77. The molecule has 0 saturated heterocycles. The molecule has 1 fully saturated rings. The fourth-order valence-corrected chi connectivity index (χ4v) is 2.41. The van der Waals surface area contributed by atoms with Crippen molar-refractivity contribution in [1.29, 1.82) is 0 Å². The van der Waals surface area contributed by atoms with E-state index < -0.39 is 0 Å². The van der Waals surface area contributed by atoms with Gasteiger partial charge in [-0.1, -0.05) is 13.8 Å². The highest BCUT2D eigenvalue weighted by Gasteiger charge is 2.24. The second-order valence-electron chi connectivity index (χ2n) is 4.63. The molecule has 0 amide bonds. The molecule has 0 aromatic rings. The summed E-state index contributed by atoms with van der Waals surface area (Å²) in [5.41, 5.74) is 0. The average molecular weight is 193 g/mol. The Balaban J connectivity index is 2.19. The minimum Gasteiger partial charge on any atom is -0.313 e. The van der Waals surface area contributed by atoms with E-state index in [-0.39, 0.29) is 0 Å². The summed E-state index contributed by atoms with van der Waals surface area (Å²) in [6.07, 6.45) is 5.12. The van der Waals surface area contributed by atoms with E-state index in [1.54, 1.807) is 0 Å². The molecule has 0 heterocycles. The lowest BCUT2D eigenvalue weighted by molar-refractivity contribution is 0.230. The van der Waals surface area contributed by atoms with Gasteiger partial charge in [-0.05, 0) is 38.0 Å². The molecular formula is C13H23N. The van der Waals surface area contributed by atoms with Gasteiger partial charge in [-0.3, -0.25) is 0 Å². The molecule has 1 heteroatoms. The molecule has 0 spiro atoms. The van der Waals surface area contributed by atoms with E-state index in [0.717, 1.165) is 30.8 Å². The Kier molecular flexibility index (Phi) is 5.04. The molecule has 0 aromatic heterocycles. The Morgan fingerprint density at radius 1 is 1.29 bits per heavy atom. The van der Waals surface area contributed by atoms with Gasteiger partial charge in [0.2, 0.25) is 0 Å². The van der Waals surface area contributed by atoms with Gasteiger partial charge in [0.15, 0.2) is 0 Å². The lowest BCUT2D eigenvalue weighted by atomic mass is 9.80. The summed E-state index contributed by atoms with van der Waals surface area (Å²) < 4.78 is 0. The number of nitrogens with one attached hydrogen (secondary N) is 1. The van der Waals surface area contributed by atoms with Crippen molar-refractivity contribution in [2.24, 2.45) is 11.8 Å². The van der Waals surface area contributed by atoms with E-state index in [9.17, 15) is 0 Å². The molecular weight excluding hydrogens is 170 g/mol. The Hall–Kier alpha value is -0.480. The number of rotatable bonds is 3. The van der Waals surface area contributed by atoms with Gasteiger partial charge in [-0.15, -0.1) is 11.8 Å². The van der Waals surface area contributed by atoms with Crippen LogP contribution in [0.5, 0.6) is 0 Å². The summed E-state index contributed by atoms with van der Waals surface area (Å²) >= 11 is 0. The van der Waals surface area contributed by atoms with Crippen LogP contribution in [0.1, 0.15) is 46.5 Å². The van der Waals surface area contributed by atoms with Gasteiger partial charge < -0.3 is 5.32 Å². The molecule has 3 atom stereocenters. The van der Waals surface area contributed by atoms with Crippen molar-refractivity contribution in [1.82, 2.24) is 5.32 Å². The highest BCUT2D eigenvalue weighted by atomic mass is 14.9. The fourth-order valence-electron chi connectivity index (χ4n) is 2.41. The quantitative estimate of drug-likeness (QED) is 0.537. The predicted molar refractivity (Wildman–Crippen MR) is 62.0 cm³/mol. The van der Waals surface area contributed by atoms with Crippen LogP contribution in [0.15, 0.2) is 0 Å². The molecule has 1 aliphatic carbocycles. The van der Waals surface area contributed by atoms with Crippen LogP contribution in [-0.4, -0.2) is 12.6 Å². The van der Waals surface area contributed by atoms with E-state index in [2.05, 4.69) is 31.0 Å². The molecule has 0 radical (unpaired) electrons. The summed E-state index contributed by atoms with van der Waals surface area (Å²) in [5, 5.41) is 3.62.